The van der Waals surface area contributed by atoms with E-state index < -0.39 is 0 Å². The van der Waals surface area contributed by atoms with Crippen molar-refractivity contribution < 1.29 is 14.6 Å². The number of methoxy groups -OCH3 is 1. The van der Waals surface area contributed by atoms with Gasteiger partial charge in [-0.2, -0.15) is 0 Å². The molecule has 3 nitrogen and oxygen atoms in total. The van der Waals surface area contributed by atoms with E-state index in [1.54, 1.807) is 7.11 Å². The molecule has 3 unspecified atom stereocenters. The summed E-state index contributed by atoms with van der Waals surface area (Å²) < 4.78 is 11.0. The van der Waals surface area contributed by atoms with Crippen molar-refractivity contribution in [3.63, 3.8) is 0 Å². The van der Waals surface area contributed by atoms with Crippen LogP contribution in [0.15, 0.2) is 24.3 Å². The molecule has 0 bridgehead atoms. The molecule has 3 heteroatoms. The molecule has 3 atom stereocenters. The maximum atomic E-state index is 9.98. The zero-order valence-electron chi connectivity index (χ0n) is 11.8. The zero-order chi connectivity index (χ0) is 13.7. The van der Waals surface area contributed by atoms with Crippen LogP contribution in [0.2, 0.25) is 0 Å². The van der Waals surface area contributed by atoms with E-state index in [2.05, 4.69) is 19.1 Å². The Labute approximate surface area is 115 Å². The Morgan fingerprint density at radius 3 is 2.63 bits per heavy atom. The standard InChI is InChI=1S/C16H24O3/c1-12-3-8-15(17)16(11-12)19-14-6-4-13(5-7-14)9-10-18-2/h4-7,12,15-17H,3,8-11H2,1-2H3. The number of aliphatic hydroxyl groups excluding tert-OH is 1. The third kappa shape index (κ3) is 4.22. The van der Waals surface area contributed by atoms with Gasteiger partial charge in [-0.05, 0) is 49.3 Å². The topological polar surface area (TPSA) is 38.7 Å². The monoisotopic (exact) mass is 264 g/mol. The van der Waals surface area contributed by atoms with Gasteiger partial charge in [-0.1, -0.05) is 19.1 Å². The van der Waals surface area contributed by atoms with Crippen molar-refractivity contribution >= 4 is 0 Å². The largest absolute Gasteiger partial charge is 0.488 e. The Kier molecular flexibility index (Phi) is 5.23. The predicted molar refractivity (Wildman–Crippen MR) is 75.5 cm³/mol. The molecule has 0 aliphatic heterocycles. The van der Waals surface area contributed by atoms with Gasteiger partial charge in [-0.3, -0.25) is 0 Å². The lowest BCUT2D eigenvalue weighted by Gasteiger charge is -2.31. The summed E-state index contributed by atoms with van der Waals surface area (Å²) >= 11 is 0. The van der Waals surface area contributed by atoms with E-state index in [1.165, 1.54) is 5.56 Å². The number of benzene rings is 1. The van der Waals surface area contributed by atoms with Gasteiger partial charge in [0.15, 0.2) is 0 Å². The molecule has 19 heavy (non-hydrogen) atoms. The lowest BCUT2D eigenvalue weighted by atomic mass is 9.86. The van der Waals surface area contributed by atoms with Gasteiger partial charge in [0.25, 0.3) is 0 Å². The molecule has 1 aliphatic rings. The fraction of sp³-hybridized carbons (Fsp3) is 0.625. The summed E-state index contributed by atoms with van der Waals surface area (Å²) in [7, 11) is 1.71. The van der Waals surface area contributed by atoms with Gasteiger partial charge < -0.3 is 14.6 Å². The summed E-state index contributed by atoms with van der Waals surface area (Å²) in [5.41, 5.74) is 1.24. The van der Waals surface area contributed by atoms with E-state index in [4.69, 9.17) is 9.47 Å². The van der Waals surface area contributed by atoms with Crippen LogP contribution in [0.25, 0.3) is 0 Å². The smallest absolute Gasteiger partial charge is 0.125 e. The van der Waals surface area contributed by atoms with Crippen molar-refractivity contribution in [1.82, 2.24) is 0 Å². The molecular formula is C16H24O3. The Hall–Kier alpha value is -1.06. The summed E-state index contributed by atoms with van der Waals surface area (Å²) in [5.74, 6) is 1.48. The lowest BCUT2D eigenvalue weighted by Crippen LogP contribution is -2.37. The van der Waals surface area contributed by atoms with Crippen molar-refractivity contribution in [2.24, 2.45) is 5.92 Å². The predicted octanol–water partition coefficient (Wildman–Crippen LogP) is 2.80. The Morgan fingerprint density at radius 2 is 1.95 bits per heavy atom. The third-order valence-electron chi connectivity index (χ3n) is 3.82. The molecule has 1 N–H and O–H groups in total. The third-order valence-corrected chi connectivity index (χ3v) is 3.82. The minimum atomic E-state index is -0.329. The van der Waals surface area contributed by atoms with Gasteiger partial charge >= 0.3 is 0 Å². The second-order valence-electron chi connectivity index (χ2n) is 5.53. The molecule has 1 fully saturated rings. The normalized spacial score (nSPS) is 27.2. The van der Waals surface area contributed by atoms with Crippen LogP contribution in [0.4, 0.5) is 0 Å². The summed E-state index contributed by atoms with van der Waals surface area (Å²) in [6.45, 7) is 2.95. The van der Waals surface area contributed by atoms with Crippen molar-refractivity contribution in [1.29, 1.82) is 0 Å². The van der Waals surface area contributed by atoms with E-state index in [0.717, 1.165) is 38.0 Å². The van der Waals surface area contributed by atoms with Gasteiger partial charge in [0, 0.05) is 7.11 Å². The van der Waals surface area contributed by atoms with Gasteiger partial charge in [-0.15, -0.1) is 0 Å². The molecule has 0 amide bonds. The highest BCUT2D eigenvalue weighted by Gasteiger charge is 2.28. The first-order valence-electron chi connectivity index (χ1n) is 7.11. The Balaban J connectivity index is 1.91. The van der Waals surface area contributed by atoms with E-state index >= 15 is 0 Å². The fourth-order valence-corrected chi connectivity index (χ4v) is 2.57. The molecule has 0 radical (unpaired) electrons. The maximum absolute atomic E-state index is 9.98. The molecule has 1 aromatic rings. The molecule has 2 rings (SSSR count). The van der Waals surface area contributed by atoms with Crippen molar-refractivity contribution in [2.45, 2.75) is 44.8 Å². The Morgan fingerprint density at radius 1 is 1.21 bits per heavy atom. The van der Waals surface area contributed by atoms with Crippen molar-refractivity contribution in [3.8, 4) is 5.75 Å². The molecule has 0 saturated heterocycles. The summed E-state index contributed by atoms with van der Waals surface area (Å²) in [6, 6.07) is 8.09. The number of ether oxygens (including phenoxy) is 2. The highest BCUT2D eigenvalue weighted by atomic mass is 16.5. The molecule has 0 aromatic heterocycles. The zero-order valence-corrected chi connectivity index (χ0v) is 11.8. The summed E-state index contributed by atoms with van der Waals surface area (Å²) in [5, 5.41) is 9.98. The van der Waals surface area contributed by atoms with Crippen LogP contribution in [-0.2, 0) is 11.2 Å². The highest BCUT2D eigenvalue weighted by molar-refractivity contribution is 5.27. The van der Waals surface area contributed by atoms with Gasteiger partial charge in [0.2, 0.25) is 0 Å². The van der Waals surface area contributed by atoms with E-state index in [1.807, 2.05) is 12.1 Å². The summed E-state index contributed by atoms with van der Waals surface area (Å²) in [4.78, 5) is 0. The van der Waals surface area contributed by atoms with Crippen LogP contribution in [0, 0.1) is 5.92 Å². The van der Waals surface area contributed by atoms with E-state index in [9.17, 15) is 5.11 Å². The second-order valence-corrected chi connectivity index (χ2v) is 5.53. The van der Waals surface area contributed by atoms with Crippen LogP contribution in [0.5, 0.6) is 5.75 Å². The maximum Gasteiger partial charge on any atom is 0.125 e. The summed E-state index contributed by atoms with van der Waals surface area (Å²) in [6.07, 6.45) is 3.40. The molecule has 0 heterocycles. The van der Waals surface area contributed by atoms with Gasteiger partial charge in [0.1, 0.15) is 11.9 Å². The minimum Gasteiger partial charge on any atom is -0.488 e. The van der Waals surface area contributed by atoms with Crippen LogP contribution < -0.4 is 4.74 Å². The molecule has 1 aliphatic carbocycles. The second kappa shape index (κ2) is 6.92. The number of aliphatic hydroxyl groups is 1. The fourth-order valence-electron chi connectivity index (χ4n) is 2.57. The van der Waals surface area contributed by atoms with Crippen LogP contribution in [0.1, 0.15) is 31.7 Å². The molecular weight excluding hydrogens is 240 g/mol. The first-order chi connectivity index (χ1) is 9.19. The van der Waals surface area contributed by atoms with E-state index in [0.29, 0.717) is 5.92 Å². The Bertz CT molecular complexity index is 374. The van der Waals surface area contributed by atoms with Crippen LogP contribution >= 0.6 is 0 Å². The first kappa shape index (κ1) is 14.4. The highest BCUT2D eigenvalue weighted by Crippen LogP contribution is 2.27. The molecule has 1 saturated carbocycles. The molecule has 1 aromatic carbocycles. The van der Waals surface area contributed by atoms with Crippen LogP contribution in [0.3, 0.4) is 0 Å². The molecule has 0 spiro atoms. The first-order valence-corrected chi connectivity index (χ1v) is 7.11. The average molecular weight is 264 g/mol. The van der Waals surface area contributed by atoms with Gasteiger partial charge in [0.05, 0.1) is 12.7 Å². The number of hydrogen-bond donors (Lipinski definition) is 1. The quantitative estimate of drug-likeness (QED) is 0.888. The lowest BCUT2D eigenvalue weighted by molar-refractivity contribution is -0.00759. The number of rotatable bonds is 5. The van der Waals surface area contributed by atoms with Gasteiger partial charge in [-0.25, -0.2) is 0 Å². The van der Waals surface area contributed by atoms with Crippen molar-refractivity contribution in [2.75, 3.05) is 13.7 Å². The SMILES string of the molecule is COCCc1ccc(OC2CC(C)CCC2O)cc1. The minimum absolute atomic E-state index is 0.0615. The van der Waals surface area contributed by atoms with E-state index in [-0.39, 0.29) is 12.2 Å². The van der Waals surface area contributed by atoms with Crippen molar-refractivity contribution in [3.05, 3.63) is 29.8 Å². The number of hydrogen-bond acceptors (Lipinski definition) is 3. The van der Waals surface area contributed by atoms with Crippen LogP contribution in [-0.4, -0.2) is 31.0 Å². The average Bonchev–Trinajstić information content (AvgIpc) is 2.42. The molecule has 106 valence electrons.